The molecule has 0 aliphatic heterocycles. The zero-order chi connectivity index (χ0) is 14.3. The Morgan fingerprint density at radius 3 is 2.79 bits per heavy atom. The lowest BCUT2D eigenvalue weighted by molar-refractivity contribution is -0.0196. The summed E-state index contributed by atoms with van der Waals surface area (Å²) in [5, 5.41) is 18.6. The second-order valence-corrected chi connectivity index (χ2v) is 4.94. The molecule has 19 heavy (non-hydrogen) atoms. The third-order valence-corrected chi connectivity index (χ3v) is 2.79. The summed E-state index contributed by atoms with van der Waals surface area (Å²) in [5.74, 6) is 0.443. The van der Waals surface area contributed by atoms with Crippen LogP contribution in [-0.4, -0.2) is 29.0 Å². The zero-order valence-corrected chi connectivity index (χ0v) is 11.9. The minimum atomic E-state index is -0.0380. The van der Waals surface area contributed by atoms with Gasteiger partial charge in [0, 0.05) is 17.1 Å². The number of halogens is 1. The molecule has 1 aromatic carbocycles. The second kappa shape index (κ2) is 7.76. The molecule has 0 bridgehead atoms. The summed E-state index contributed by atoms with van der Waals surface area (Å²) in [4.78, 5) is 0. The number of nitrogens with zero attached hydrogens (tertiary/aromatic N) is 3. The average Bonchev–Trinajstić information content (AvgIpc) is 2.38. The van der Waals surface area contributed by atoms with Gasteiger partial charge in [-0.3, -0.25) is 5.21 Å². The lowest BCUT2D eigenvalue weighted by Gasteiger charge is -2.15. The van der Waals surface area contributed by atoms with Gasteiger partial charge in [-0.2, -0.15) is 5.10 Å². The van der Waals surface area contributed by atoms with Crippen molar-refractivity contribution in [1.29, 1.82) is 0 Å². The normalized spacial score (nSPS) is 12.4. The number of hydroxylamine groups is 2. The number of hydrogen-bond acceptors (Lipinski definition) is 3. The molecule has 0 aliphatic rings. The average molecular weight is 283 g/mol. The summed E-state index contributed by atoms with van der Waals surface area (Å²) in [6.45, 7) is 4.56. The van der Waals surface area contributed by atoms with Gasteiger partial charge in [0.1, 0.15) is 0 Å². The number of nitrogens with two attached hydrogens (primary N) is 1. The molecule has 1 aromatic rings. The fourth-order valence-electron chi connectivity index (χ4n) is 1.28. The van der Waals surface area contributed by atoms with Crippen LogP contribution in [0.3, 0.4) is 0 Å². The summed E-state index contributed by atoms with van der Waals surface area (Å²) in [6, 6.07) is 7.25. The van der Waals surface area contributed by atoms with Gasteiger partial charge < -0.3 is 5.73 Å². The largest absolute Gasteiger partial charge is 0.366 e. The van der Waals surface area contributed by atoms with Gasteiger partial charge in [-0.1, -0.05) is 43.6 Å². The molecule has 1 rings (SSSR count). The molecule has 104 valence electrons. The predicted octanol–water partition coefficient (Wildman–Crippen LogP) is 2.73. The molecule has 5 nitrogen and oxygen atoms in total. The Balaban J connectivity index is 2.58. The Kier molecular flexibility index (Phi) is 6.32. The molecule has 0 amide bonds. The van der Waals surface area contributed by atoms with Gasteiger partial charge in [0.15, 0.2) is 0 Å². The third-order valence-electron chi connectivity index (χ3n) is 2.44. The minimum Gasteiger partial charge on any atom is -0.366 e. The van der Waals surface area contributed by atoms with E-state index in [9.17, 15) is 5.21 Å². The van der Waals surface area contributed by atoms with E-state index in [1.54, 1.807) is 6.07 Å². The molecule has 0 atom stereocenters. The van der Waals surface area contributed by atoms with Crippen molar-refractivity contribution in [3.63, 3.8) is 0 Å². The number of hydrogen-bond donors (Lipinski definition) is 2. The van der Waals surface area contributed by atoms with E-state index in [0.29, 0.717) is 17.5 Å². The number of guanidine groups is 1. The van der Waals surface area contributed by atoms with Crippen molar-refractivity contribution < 1.29 is 5.21 Å². The van der Waals surface area contributed by atoms with Crippen LogP contribution in [0.1, 0.15) is 25.8 Å². The standard InChI is InChI=1S/C13H19ClN4O/c1-10(2)7-8-18(19)13(15)17-16-9-11-5-3-4-6-12(11)14/h3-6,9-10,19H,7-8H2,1-2H3,(H2,15,17)/b16-9+. The van der Waals surface area contributed by atoms with E-state index in [-0.39, 0.29) is 5.96 Å². The van der Waals surface area contributed by atoms with E-state index in [1.807, 2.05) is 18.2 Å². The highest BCUT2D eigenvalue weighted by Gasteiger charge is 2.04. The molecule has 0 aliphatic carbocycles. The molecule has 0 spiro atoms. The fraction of sp³-hybridized carbons (Fsp3) is 0.385. The maximum absolute atomic E-state index is 9.60. The summed E-state index contributed by atoms with van der Waals surface area (Å²) in [5.41, 5.74) is 6.33. The molecule has 0 aromatic heterocycles. The van der Waals surface area contributed by atoms with E-state index in [0.717, 1.165) is 17.0 Å². The smallest absolute Gasteiger partial charge is 0.240 e. The molecule has 0 saturated carbocycles. The molecule has 0 unspecified atom stereocenters. The Hall–Kier alpha value is -1.59. The molecule has 0 heterocycles. The Labute approximate surface area is 118 Å². The van der Waals surface area contributed by atoms with Crippen LogP contribution in [0, 0.1) is 5.92 Å². The Bertz CT molecular complexity index is 460. The Morgan fingerprint density at radius 1 is 1.47 bits per heavy atom. The van der Waals surface area contributed by atoms with E-state index in [1.165, 1.54) is 6.21 Å². The second-order valence-electron chi connectivity index (χ2n) is 4.53. The van der Waals surface area contributed by atoms with Gasteiger partial charge in [0.2, 0.25) is 5.96 Å². The molecule has 0 radical (unpaired) electrons. The SMILES string of the molecule is CC(C)CCN(O)/C(N)=N/N=C/c1ccccc1Cl. The van der Waals surface area contributed by atoms with E-state index >= 15 is 0 Å². The van der Waals surface area contributed by atoms with Crippen molar-refractivity contribution in [2.75, 3.05) is 6.54 Å². The highest BCUT2D eigenvalue weighted by Crippen LogP contribution is 2.12. The van der Waals surface area contributed by atoms with Crippen LogP contribution in [0.4, 0.5) is 0 Å². The highest BCUT2D eigenvalue weighted by molar-refractivity contribution is 6.33. The number of rotatable bonds is 5. The fourth-order valence-corrected chi connectivity index (χ4v) is 1.46. The van der Waals surface area contributed by atoms with Crippen molar-refractivity contribution in [1.82, 2.24) is 5.06 Å². The van der Waals surface area contributed by atoms with E-state index in [4.69, 9.17) is 17.3 Å². The van der Waals surface area contributed by atoms with Gasteiger partial charge in [0.05, 0.1) is 6.21 Å². The third kappa shape index (κ3) is 5.72. The predicted molar refractivity (Wildman–Crippen MR) is 78.6 cm³/mol. The topological polar surface area (TPSA) is 74.2 Å². The van der Waals surface area contributed by atoms with Gasteiger partial charge in [0.25, 0.3) is 0 Å². The molecule has 0 fully saturated rings. The quantitative estimate of drug-likeness (QED) is 0.495. The van der Waals surface area contributed by atoms with Crippen LogP contribution in [0.15, 0.2) is 34.5 Å². The van der Waals surface area contributed by atoms with Crippen LogP contribution < -0.4 is 5.73 Å². The first-order valence-electron chi connectivity index (χ1n) is 6.08. The first-order valence-corrected chi connectivity index (χ1v) is 6.46. The Morgan fingerprint density at radius 2 is 2.16 bits per heavy atom. The molecule has 6 heteroatoms. The van der Waals surface area contributed by atoms with Crippen LogP contribution in [0.2, 0.25) is 5.02 Å². The van der Waals surface area contributed by atoms with Crippen molar-refractivity contribution in [3.05, 3.63) is 34.9 Å². The van der Waals surface area contributed by atoms with Crippen molar-refractivity contribution in [2.24, 2.45) is 21.9 Å². The van der Waals surface area contributed by atoms with E-state index < -0.39 is 0 Å². The molecular weight excluding hydrogens is 264 g/mol. The van der Waals surface area contributed by atoms with Crippen LogP contribution in [0.25, 0.3) is 0 Å². The summed E-state index contributed by atoms with van der Waals surface area (Å²) in [7, 11) is 0. The van der Waals surface area contributed by atoms with Gasteiger partial charge in [-0.15, -0.1) is 5.10 Å². The molecule has 0 saturated heterocycles. The summed E-state index contributed by atoms with van der Waals surface area (Å²) in [6.07, 6.45) is 2.31. The van der Waals surface area contributed by atoms with Gasteiger partial charge in [-0.25, -0.2) is 5.06 Å². The van der Waals surface area contributed by atoms with Crippen molar-refractivity contribution >= 4 is 23.8 Å². The summed E-state index contributed by atoms with van der Waals surface area (Å²) >= 11 is 5.96. The van der Waals surface area contributed by atoms with Gasteiger partial charge in [-0.05, 0) is 18.4 Å². The maximum Gasteiger partial charge on any atom is 0.240 e. The minimum absolute atomic E-state index is 0.0380. The monoisotopic (exact) mass is 282 g/mol. The molecular formula is C13H19ClN4O. The zero-order valence-electron chi connectivity index (χ0n) is 11.1. The van der Waals surface area contributed by atoms with Crippen LogP contribution in [-0.2, 0) is 0 Å². The van der Waals surface area contributed by atoms with Crippen molar-refractivity contribution in [3.8, 4) is 0 Å². The highest BCUT2D eigenvalue weighted by atomic mass is 35.5. The first kappa shape index (κ1) is 15.5. The lowest BCUT2D eigenvalue weighted by atomic mass is 10.1. The van der Waals surface area contributed by atoms with Gasteiger partial charge >= 0.3 is 0 Å². The van der Waals surface area contributed by atoms with E-state index in [2.05, 4.69) is 24.1 Å². The number of benzene rings is 1. The van der Waals surface area contributed by atoms with Crippen molar-refractivity contribution in [2.45, 2.75) is 20.3 Å². The first-order chi connectivity index (χ1) is 9.00. The lowest BCUT2D eigenvalue weighted by Crippen LogP contribution is -2.35. The maximum atomic E-state index is 9.60. The summed E-state index contributed by atoms with van der Waals surface area (Å²) < 4.78 is 0. The van der Waals surface area contributed by atoms with Crippen LogP contribution in [0.5, 0.6) is 0 Å². The van der Waals surface area contributed by atoms with Crippen LogP contribution >= 0.6 is 11.6 Å². The molecule has 3 N–H and O–H groups in total.